The van der Waals surface area contributed by atoms with Crippen LogP contribution in [0, 0.1) is 6.92 Å². The molecule has 0 radical (unpaired) electrons. The van der Waals surface area contributed by atoms with Crippen LogP contribution in [-0.2, 0) is 0 Å². The summed E-state index contributed by atoms with van der Waals surface area (Å²) in [5.41, 5.74) is 3.75. The van der Waals surface area contributed by atoms with Crippen molar-refractivity contribution < 1.29 is 17.1 Å². The third-order valence-corrected chi connectivity index (χ3v) is 2.53. The Morgan fingerprint density at radius 3 is 2.38 bits per heavy atom. The molecule has 2 rings (SSSR count). The summed E-state index contributed by atoms with van der Waals surface area (Å²) in [6, 6.07) is 16.5. The lowest BCUT2D eigenvalue weighted by atomic mass is 10.0. The van der Waals surface area contributed by atoms with Crippen molar-refractivity contribution in [3.05, 3.63) is 54.1 Å². The fourth-order valence-electron chi connectivity index (χ4n) is 1.69. The summed E-state index contributed by atoms with van der Waals surface area (Å²) >= 11 is 0. The Balaban J connectivity index is 0.00000128. The minimum atomic E-state index is 0. The molecule has 0 spiro atoms. The van der Waals surface area contributed by atoms with Crippen molar-refractivity contribution in [2.75, 3.05) is 7.11 Å². The SMILES string of the molecule is COc1cccc(-c2ccccc2C)c1.[Cl-]. The molecule has 0 aliphatic carbocycles. The van der Waals surface area contributed by atoms with E-state index in [2.05, 4.69) is 43.3 Å². The molecule has 2 aromatic rings. The number of halogens is 1. The van der Waals surface area contributed by atoms with E-state index in [-0.39, 0.29) is 12.4 Å². The maximum atomic E-state index is 5.22. The lowest BCUT2D eigenvalue weighted by Crippen LogP contribution is -3.00. The van der Waals surface area contributed by atoms with Crippen LogP contribution in [0.5, 0.6) is 5.75 Å². The number of ether oxygens (including phenoxy) is 1. The number of hydrogen-bond acceptors (Lipinski definition) is 1. The third-order valence-electron chi connectivity index (χ3n) is 2.53. The van der Waals surface area contributed by atoms with Gasteiger partial charge in [-0.05, 0) is 35.7 Å². The molecule has 0 N–H and O–H groups in total. The van der Waals surface area contributed by atoms with E-state index in [0.29, 0.717) is 0 Å². The van der Waals surface area contributed by atoms with Crippen LogP contribution in [0.2, 0.25) is 0 Å². The van der Waals surface area contributed by atoms with Crippen LogP contribution in [0.25, 0.3) is 11.1 Å². The summed E-state index contributed by atoms with van der Waals surface area (Å²) in [7, 11) is 1.69. The van der Waals surface area contributed by atoms with Crippen LogP contribution in [0.3, 0.4) is 0 Å². The topological polar surface area (TPSA) is 9.23 Å². The average Bonchev–Trinajstić information content (AvgIpc) is 2.30. The van der Waals surface area contributed by atoms with Gasteiger partial charge in [-0.15, -0.1) is 0 Å². The second-order valence-corrected chi connectivity index (χ2v) is 3.55. The molecule has 0 aromatic heterocycles. The molecule has 16 heavy (non-hydrogen) atoms. The van der Waals surface area contributed by atoms with Crippen LogP contribution < -0.4 is 17.1 Å². The third kappa shape index (κ3) is 2.56. The van der Waals surface area contributed by atoms with Gasteiger partial charge in [-0.25, -0.2) is 0 Å². The number of aryl methyl sites for hydroxylation is 1. The van der Waals surface area contributed by atoms with Gasteiger partial charge in [0, 0.05) is 0 Å². The van der Waals surface area contributed by atoms with Crippen molar-refractivity contribution in [2.24, 2.45) is 0 Å². The minimum absolute atomic E-state index is 0. The number of methoxy groups -OCH3 is 1. The first kappa shape index (κ1) is 12.6. The molecule has 2 aromatic carbocycles. The molecule has 2 heteroatoms. The molecule has 0 atom stereocenters. The number of hydrogen-bond donors (Lipinski definition) is 0. The fraction of sp³-hybridized carbons (Fsp3) is 0.143. The Kier molecular flexibility index (Phi) is 4.39. The Morgan fingerprint density at radius 2 is 1.69 bits per heavy atom. The maximum absolute atomic E-state index is 5.22. The van der Waals surface area contributed by atoms with Gasteiger partial charge in [0.15, 0.2) is 0 Å². The number of benzene rings is 2. The van der Waals surface area contributed by atoms with Crippen LogP contribution in [0.1, 0.15) is 5.56 Å². The summed E-state index contributed by atoms with van der Waals surface area (Å²) in [4.78, 5) is 0. The smallest absolute Gasteiger partial charge is 0.119 e. The normalized spacial score (nSPS) is 9.38. The molecule has 0 aliphatic rings. The summed E-state index contributed by atoms with van der Waals surface area (Å²) in [5.74, 6) is 0.899. The molecular weight excluding hydrogens is 220 g/mol. The van der Waals surface area contributed by atoms with Gasteiger partial charge in [0.25, 0.3) is 0 Å². The summed E-state index contributed by atoms with van der Waals surface area (Å²) in [5, 5.41) is 0. The Bertz CT molecular complexity index is 466. The van der Waals surface area contributed by atoms with E-state index in [1.807, 2.05) is 12.1 Å². The monoisotopic (exact) mass is 233 g/mol. The van der Waals surface area contributed by atoms with Gasteiger partial charge >= 0.3 is 0 Å². The Labute approximate surface area is 102 Å². The standard InChI is InChI=1S/C14H14O.ClH/c1-11-6-3-4-9-14(11)12-7-5-8-13(10-12)15-2;/h3-10H,1-2H3;1H/p-1. The highest BCUT2D eigenvalue weighted by atomic mass is 35.5. The fourth-order valence-corrected chi connectivity index (χ4v) is 1.69. The second kappa shape index (κ2) is 5.57. The zero-order chi connectivity index (χ0) is 10.7. The van der Waals surface area contributed by atoms with Gasteiger partial charge in [-0.1, -0.05) is 36.4 Å². The minimum Gasteiger partial charge on any atom is -1.00 e. The average molecular weight is 234 g/mol. The predicted molar refractivity (Wildman–Crippen MR) is 63.2 cm³/mol. The molecule has 0 bridgehead atoms. The molecule has 0 saturated carbocycles. The summed E-state index contributed by atoms with van der Waals surface area (Å²) in [6.07, 6.45) is 0. The molecule has 0 amide bonds. The first-order valence-electron chi connectivity index (χ1n) is 5.01. The van der Waals surface area contributed by atoms with Gasteiger partial charge in [0.2, 0.25) is 0 Å². The predicted octanol–water partition coefficient (Wildman–Crippen LogP) is 0.675. The van der Waals surface area contributed by atoms with Gasteiger partial charge in [-0.2, -0.15) is 0 Å². The van der Waals surface area contributed by atoms with E-state index in [9.17, 15) is 0 Å². The highest BCUT2D eigenvalue weighted by Gasteiger charge is 2.01. The zero-order valence-electron chi connectivity index (χ0n) is 9.41. The van der Waals surface area contributed by atoms with Crippen molar-refractivity contribution in [3.8, 4) is 16.9 Å². The molecule has 0 aliphatic heterocycles. The first-order valence-corrected chi connectivity index (χ1v) is 5.01. The van der Waals surface area contributed by atoms with Crippen molar-refractivity contribution in [2.45, 2.75) is 6.92 Å². The highest BCUT2D eigenvalue weighted by molar-refractivity contribution is 5.68. The molecule has 0 fully saturated rings. The van der Waals surface area contributed by atoms with Crippen LogP contribution in [0.15, 0.2) is 48.5 Å². The van der Waals surface area contributed by atoms with E-state index in [1.54, 1.807) is 7.11 Å². The van der Waals surface area contributed by atoms with E-state index in [0.717, 1.165) is 5.75 Å². The van der Waals surface area contributed by atoms with E-state index >= 15 is 0 Å². The summed E-state index contributed by atoms with van der Waals surface area (Å²) < 4.78 is 5.22. The lowest BCUT2D eigenvalue weighted by Gasteiger charge is -2.07. The first-order chi connectivity index (χ1) is 7.31. The van der Waals surface area contributed by atoms with E-state index in [4.69, 9.17) is 4.74 Å². The maximum Gasteiger partial charge on any atom is 0.119 e. The van der Waals surface area contributed by atoms with Crippen molar-refractivity contribution in [3.63, 3.8) is 0 Å². The zero-order valence-corrected chi connectivity index (χ0v) is 10.2. The summed E-state index contributed by atoms with van der Waals surface area (Å²) in [6.45, 7) is 2.12. The molecule has 0 saturated heterocycles. The molecule has 0 heterocycles. The van der Waals surface area contributed by atoms with Gasteiger partial charge in [0.1, 0.15) is 5.75 Å². The quantitative estimate of drug-likeness (QED) is 0.741. The Hall–Kier alpha value is -1.47. The van der Waals surface area contributed by atoms with E-state index in [1.165, 1.54) is 16.7 Å². The molecular formula is C14H14ClO-. The van der Waals surface area contributed by atoms with E-state index < -0.39 is 0 Å². The van der Waals surface area contributed by atoms with Crippen LogP contribution in [-0.4, -0.2) is 7.11 Å². The van der Waals surface area contributed by atoms with Gasteiger partial charge < -0.3 is 17.1 Å². The van der Waals surface area contributed by atoms with Gasteiger partial charge in [-0.3, -0.25) is 0 Å². The van der Waals surface area contributed by atoms with Crippen molar-refractivity contribution >= 4 is 0 Å². The second-order valence-electron chi connectivity index (χ2n) is 3.55. The molecule has 0 unspecified atom stereocenters. The molecule has 84 valence electrons. The largest absolute Gasteiger partial charge is 1.00 e. The van der Waals surface area contributed by atoms with Crippen LogP contribution >= 0.6 is 0 Å². The molecule has 1 nitrogen and oxygen atoms in total. The highest BCUT2D eigenvalue weighted by Crippen LogP contribution is 2.26. The van der Waals surface area contributed by atoms with Gasteiger partial charge in [0.05, 0.1) is 7.11 Å². The lowest BCUT2D eigenvalue weighted by molar-refractivity contribution is -0.00000337. The van der Waals surface area contributed by atoms with Crippen molar-refractivity contribution in [1.82, 2.24) is 0 Å². The Morgan fingerprint density at radius 1 is 0.938 bits per heavy atom. The van der Waals surface area contributed by atoms with Crippen molar-refractivity contribution in [1.29, 1.82) is 0 Å². The van der Waals surface area contributed by atoms with Crippen LogP contribution in [0.4, 0.5) is 0 Å². The number of rotatable bonds is 2.